The molecule has 0 saturated carbocycles. The Morgan fingerprint density at radius 3 is 2.54 bits per heavy atom. The number of aromatic hydroxyl groups is 1. The van der Waals surface area contributed by atoms with Crippen molar-refractivity contribution in [2.75, 3.05) is 19.7 Å². The van der Waals surface area contributed by atoms with Gasteiger partial charge in [-0.25, -0.2) is 0 Å². The maximum absolute atomic E-state index is 11.8. The molecule has 3 aliphatic rings. The van der Waals surface area contributed by atoms with E-state index in [1.807, 2.05) is 45.0 Å². The lowest BCUT2D eigenvalue weighted by molar-refractivity contribution is -0.118. The quantitative estimate of drug-likeness (QED) is 0.526. The van der Waals surface area contributed by atoms with E-state index in [1.54, 1.807) is 0 Å². The Balaban J connectivity index is 1.23. The van der Waals surface area contributed by atoms with Gasteiger partial charge in [-0.3, -0.25) is 19.8 Å². The number of rotatable bonds is 7. The van der Waals surface area contributed by atoms with Crippen molar-refractivity contribution in [3.63, 3.8) is 0 Å². The van der Waals surface area contributed by atoms with Crippen LogP contribution in [-0.2, 0) is 11.2 Å². The smallest absolute Gasteiger partial charge is 0.286 e. The molecule has 2 saturated heterocycles. The van der Waals surface area contributed by atoms with Crippen LogP contribution in [-0.4, -0.2) is 57.7 Å². The number of hydrogen-bond donors (Lipinski definition) is 2. The Labute approximate surface area is 222 Å². The van der Waals surface area contributed by atoms with Gasteiger partial charge in [-0.1, -0.05) is 23.9 Å². The molecule has 3 atom stereocenters. The second kappa shape index (κ2) is 9.87. The van der Waals surface area contributed by atoms with Crippen LogP contribution in [0.2, 0.25) is 0 Å². The van der Waals surface area contributed by atoms with Crippen LogP contribution in [0.25, 0.3) is 0 Å². The molecule has 2 unspecified atom stereocenters. The van der Waals surface area contributed by atoms with Crippen LogP contribution < -0.4 is 14.8 Å². The molecule has 7 nitrogen and oxygen atoms in total. The number of ether oxygens (including phenoxy) is 2. The molecule has 198 valence electrons. The number of nitrogens with one attached hydrogen (secondary N) is 1. The molecule has 8 heteroatoms. The van der Waals surface area contributed by atoms with Gasteiger partial charge in [0.2, 0.25) is 5.91 Å². The minimum Gasteiger partial charge on any atom is -0.507 e. The zero-order valence-electron chi connectivity index (χ0n) is 22.2. The third kappa shape index (κ3) is 4.93. The van der Waals surface area contributed by atoms with Gasteiger partial charge in [0, 0.05) is 24.1 Å². The maximum atomic E-state index is 11.8. The average Bonchev–Trinajstić information content (AvgIpc) is 3.51. The van der Waals surface area contributed by atoms with Crippen LogP contribution in [0.15, 0.2) is 24.3 Å². The zero-order valence-corrected chi connectivity index (χ0v) is 23.0. The van der Waals surface area contributed by atoms with E-state index in [4.69, 9.17) is 9.47 Å². The highest BCUT2D eigenvalue weighted by molar-refractivity contribution is 8.15. The summed E-state index contributed by atoms with van der Waals surface area (Å²) >= 11 is 1.05. The number of benzene rings is 2. The largest absolute Gasteiger partial charge is 0.507 e. The molecular formula is C29H36N2O5S. The van der Waals surface area contributed by atoms with Crippen molar-refractivity contribution in [3.8, 4) is 17.2 Å². The number of carbonyl (C=O) groups is 2. The molecule has 0 spiro atoms. The minimum atomic E-state index is -0.362. The maximum Gasteiger partial charge on any atom is 0.286 e. The van der Waals surface area contributed by atoms with Crippen LogP contribution in [0, 0.1) is 20.8 Å². The van der Waals surface area contributed by atoms with Gasteiger partial charge >= 0.3 is 0 Å². The fourth-order valence-electron chi connectivity index (χ4n) is 5.89. The lowest BCUT2D eigenvalue weighted by Gasteiger charge is -2.33. The lowest BCUT2D eigenvalue weighted by atomic mass is 9.82. The van der Waals surface area contributed by atoms with Gasteiger partial charge in [0.05, 0.1) is 5.25 Å². The highest BCUT2D eigenvalue weighted by Crippen LogP contribution is 2.52. The highest BCUT2D eigenvalue weighted by Gasteiger charge is 2.46. The van der Waals surface area contributed by atoms with Crippen molar-refractivity contribution in [2.45, 2.75) is 76.7 Å². The van der Waals surface area contributed by atoms with E-state index in [2.05, 4.69) is 24.1 Å². The number of fused-ring (bicyclic) bond motifs is 1. The average molecular weight is 525 g/mol. The summed E-state index contributed by atoms with van der Waals surface area (Å²) in [5, 5.41) is 12.5. The topological polar surface area (TPSA) is 88.1 Å². The fraction of sp³-hybridized carbons (Fsp3) is 0.517. The van der Waals surface area contributed by atoms with E-state index < -0.39 is 0 Å². The van der Waals surface area contributed by atoms with E-state index in [0.717, 1.165) is 77.0 Å². The Hall–Kier alpha value is -2.71. The number of imide groups is 1. The third-order valence-corrected chi connectivity index (χ3v) is 9.27. The Morgan fingerprint density at radius 1 is 1.14 bits per heavy atom. The van der Waals surface area contributed by atoms with E-state index >= 15 is 0 Å². The standard InChI is InChI=1S/C29H36N2O5S/c1-16-17(2)26-24(18(3)25(16)32)22(29(4,5)36-26)14-31-12-6-7-20(31)15-35-21-10-8-19(9-11-21)13-23-27(33)30-28(34)37-23/h8-11,20,22-23,32H,6-7,12-15H2,1-5H3,(H,30,33,34)/t20-,22?,23?/m0/s1. The Kier molecular flexibility index (Phi) is 6.92. The third-order valence-electron chi connectivity index (χ3n) is 8.28. The second-order valence-electron chi connectivity index (χ2n) is 11.1. The Morgan fingerprint density at radius 2 is 1.86 bits per heavy atom. The molecule has 2 aromatic rings. The molecule has 0 aromatic heterocycles. The molecule has 0 aliphatic carbocycles. The molecule has 37 heavy (non-hydrogen) atoms. The van der Waals surface area contributed by atoms with Crippen molar-refractivity contribution in [1.29, 1.82) is 0 Å². The number of hydrogen-bond acceptors (Lipinski definition) is 7. The summed E-state index contributed by atoms with van der Waals surface area (Å²) in [5.41, 5.74) is 4.63. The van der Waals surface area contributed by atoms with E-state index in [9.17, 15) is 14.7 Å². The van der Waals surface area contributed by atoms with Gasteiger partial charge in [0.25, 0.3) is 5.24 Å². The normalized spacial score (nSPS) is 24.7. The van der Waals surface area contributed by atoms with Crippen LogP contribution in [0.5, 0.6) is 17.2 Å². The number of nitrogens with zero attached hydrogens (tertiary/aromatic N) is 1. The van der Waals surface area contributed by atoms with Gasteiger partial charge in [-0.15, -0.1) is 0 Å². The molecule has 0 bridgehead atoms. The van der Waals surface area contributed by atoms with E-state index in [0.29, 0.717) is 24.8 Å². The summed E-state index contributed by atoms with van der Waals surface area (Å²) in [4.78, 5) is 25.7. The molecule has 3 heterocycles. The first-order valence-electron chi connectivity index (χ1n) is 13.0. The molecule has 5 rings (SSSR count). The number of likely N-dealkylation sites (tertiary alicyclic amines) is 1. The number of phenols is 1. The summed E-state index contributed by atoms with van der Waals surface area (Å²) in [7, 11) is 0. The number of thioether (sulfide) groups is 1. The molecule has 2 fully saturated rings. The van der Waals surface area contributed by atoms with Gasteiger partial charge in [-0.05, 0) is 94.8 Å². The molecule has 0 radical (unpaired) electrons. The summed E-state index contributed by atoms with van der Waals surface area (Å²) in [6.45, 7) is 12.8. The van der Waals surface area contributed by atoms with E-state index in [1.165, 1.54) is 0 Å². The van der Waals surface area contributed by atoms with E-state index in [-0.39, 0.29) is 27.9 Å². The molecule has 2 N–H and O–H groups in total. The second-order valence-corrected chi connectivity index (χ2v) is 12.2. The van der Waals surface area contributed by atoms with Gasteiger partial charge in [-0.2, -0.15) is 0 Å². The molecule has 2 amide bonds. The summed E-state index contributed by atoms with van der Waals surface area (Å²) < 4.78 is 12.7. The zero-order chi connectivity index (χ0) is 26.5. The number of amides is 2. The van der Waals surface area contributed by atoms with Gasteiger partial charge in [0.1, 0.15) is 29.5 Å². The van der Waals surface area contributed by atoms with Crippen LogP contribution in [0.3, 0.4) is 0 Å². The minimum absolute atomic E-state index is 0.158. The predicted molar refractivity (Wildman–Crippen MR) is 145 cm³/mol. The summed E-state index contributed by atoms with van der Waals surface area (Å²) in [5.74, 6) is 2.06. The van der Waals surface area contributed by atoms with Crippen molar-refractivity contribution in [3.05, 3.63) is 52.1 Å². The van der Waals surface area contributed by atoms with Crippen molar-refractivity contribution in [2.24, 2.45) is 0 Å². The van der Waals surface area contributed by atoms with Crippen LogP contribution in [0.1, 0.15) is 60.4 Å². The molecule has 3 aliphatic heterocycles. The van der Waals surface area contributed by atoms with Crippen LogP contribution >= 0.6 is 11.8 Å². The van der Waals surface area contributed by atoms with Crippen molar-refractivity contribution in [1.82, 2.24) is 10.2 Å². The Bertz CT molecular complexity index is 1230. The van der Waals surface area contributed by atoms with Crippen molar-refractivity contribution >= 4 is 22.9 Å². The first-order valence-corrected chi connectivity index (χ1v) is 13.9. The lowest BCUT2D eigenvalue weighted by Crippen LogP contribution is -2.42. The van der Waals surface area contributed by atoms with Crippen molar-refractivity contribution < 1.29 is 24.2 Å². The van der Waals surface area contributed by atoms with Gasteiger partial charge < -0.3 is 14.6 Å². The summed E-state index contributed by atoms with van der Waals surface area (Å²) in [6, 6.07) is 8.12. The first kappa shape index (κ1) is 25.9. The van der Waals surface area contributed by atoms with Gasteiger partial charge in [0.15, 0.2) is 0 Å². The molecule has 2 aromatic carbocycles. The molecular weight excluding hydrogens is 488 g/mol. The number of carbonyl (C=O) groups excluding carboxylic acids is 2. The summed E-state index contributed by atoms with van der Waals surface area (Å²) in [6.07, 6.45) is 2.73. The highest BCUT2D eigenvalue weighted by atomic mass is 32.2. The predicted octanol–water partition coefficient (Wildman–Crippen LogP) is 5.01. The number of phenolic OH excluding ortho intramolecular Hbond substituents is 1. The first-order chi connectivity index (χ1) is 17.5. The van der Waals surface area contributed by atoms with Crippen LogP contribution in [0.4, 0.5) is 4.79 Å². The fourth-order valence-corrected chi connectivity index (χ4v) is 6.75. The monoisotopic (exact) mass is 524 g/mol. The SMILES string of the molecule is Cc1c(C)c2c(c(C)c1O)C(CN1CCC[C@H]1COc1ccc(CC3SC(=O)NC3=O)cc1)C(C)(C)O2.